The number of nitrogens with zero attached hydrogens (tertiary/aromatic N) is 4. The molecule has 2 aromatic rings. The van der Waals surface area contributed by atoms with E-state index in [4.69, 9.17) is 23.2 Å². The van der Waals surface area contributed by atoms with Crippen molar-refractivity contribution in [2.24, 2.45) is 0 Å². The summed E-state index contributed by atoms with van der Waals surface area (Å²) in [5.41, 5.74) is 0. The Hall–Kier alpha value is -1.26. The average molecular weight is 229 g/mol. The van der Waals surface area contributed by atoms with E-state index < -0.39 is 0 Å². The Morgan fingerprint density at radius 2 is 1.43 bits per heavy atom. The molecule has 0 amide bonds. The molecular weight excluding hydrogens is 223 g/mol. The first-order valence-electron chi connectivity index (χ1n) is 3.63. The van der Waals surface area contributed by atoms with Crippen molar-refractivity contribution in [3.8, 4) is 0 Å². The van der Waals surface area contributed by atoms with Crippen LogP contribution in [0.15, 0.2) is 37.1 Å². The molecule has 0 N–H and O–H groups in total. The summed E-state index contributed by atoms with van der Waals surface area (Å²) in [6, 6.07) is 1.56. The SMILES string of the molecule is Clc1ccnc(Cl)n1.c1cnccn1. The Balaban J connectivity index is 0.000000146. The second-order valence-electron chi connectivity index (χ2n) is 2.04. The monoisotopic (exact) mass is 228 g/mol. The van der Waals surface area contributed by atoms with E-state index in [0.29, 0.717) is 5.15 Å². The second-order valence-corrected chi connectivity index (χ2v) is 2.77. The predicted molar refractivity (Wildman–Crippen MR) is 54.1 cm³/mol. The lowest BCUT2D eigenvalue weighted by Gasteiger charge is -1.85. The van der Waals surface area contributed by atoms with Gasteiger partial charge in [0.1, 0.15) is 5.15 Å². The normalized spacial score (nSPS) is 8.71. The van der Waals surface area contributed by atoms with E-state index >= 15 is 0 Å². The molecule has 2 rings (SSSR count). The number of aromatic nitrogens is 4. The highest BCUT2D eigenvalue weighted by Gasteiger charge is 1.88. The van der Waals surface area contributed by atoms with Crippen molar-refractivity contribution in [3.05, 3.63) is 47.5 Å². The van der Waals surface area contributed by atoms with Crippen LogP contribution in [0.3, 0.4) is 0 Å². The van der Waals surface area contributed by atoms with Gasteiger partial charge in [0.15, 0.2) is 0 Å². The highest BCUT2D eigenvalue weighted by molar-refractivity contribution is 6.31. The minimum atomic E-state index is 0.178. The average Bonchev–Trinajstić information content (AvgIpc) is 2.21. The van der Waals surface area contributed by atoms with Crippen LogP contribution in [0.2, 0.25) is 10.4 Å². The van der Waals surface area contributed by atoms with Crippen LogP contribution >= 0.6 is 23.2 Å². The highest BCUT2D eigenvalue weighted by atomic mass is 35.5. The predicted octanol–water partition coefficient (Wildman–Crippen LogP) is 2.26. The van der Waals surface area contributed by atoms with Gasteiger partial charge in [-0.25, -0.2) is 9.97 Å². The summed E-state index contributed by atoms with van der Waals surface area (Å²) in [7, 11) is 0. The van der Waals surface area contributed by atoms with Gasteiger partial charge in [0.2, 0.25) is 5.28 Å². The van der Waals surface area contributed by atoms with Crippen molar-refractivity contribution >= 4 is 23.2 Å². The van der Waals surface area contributed by atoms with Gasteiger partial charge in [-0.3, -0.25) is 9.97 Å². The van der Waals surface area contributed by atoms with E-state index in [0.717, 1.165) is 0 Å². The smallest absolute Gasteiger partial charge is 0.223 e. The number of hydrogen-bond acceptors (Lipinski definition) is 4. The Bertz CT molecular complexity index is 325. The van der Waals surface area contributed by atoms with Crippen LogP contribution in [-0.4, -0.2) is 19.9 Å². The van der Waals surface area contributed by atoms with Crippen LogP contribution in [-0.2, 0) is 0 Å². The third kappa shape index (κ3) is 4.69. The molecule has 2 heterocycles. The first-order chi connectivity index (χ1) is 6.79. The van der Waals surface area contributed by atoms with Gasteiger partial charge in [0, 0.05) is 31.0 Å². The van der Waals surface area contributed by atoms with E-state index in [1.807, 2.05) is 0 Å². The van der Waals surface area contributed by atoms with Crippen LogP contribution in [0.1, 0.15) is 0 Å². The molecule has 4 nitrogen and oxygen atoms in total. The van der Waals surface area contributed by atoms with Gasteiger partial charge in [-0.05, 0) is 17.7 Å². The van der Waals surface area contributed by atoms with Gasteiger partial charge in [-0.15, -0.1) is 0 Å². The molecule has 72 valence electrons. The maximum atomic E-state index is 5.41. The first-order valence-corrected chi connectivity index (χ1v) is 4.38. The molecule has 0 fully saturated rings. The largest absolute Gasteiger partial charge is 0.262 e. The maximum absolute atomic E-state index is 5.41. The number of hydrogen-bond donors (Lipinski definition) is 0. The molecule has 0 saturated heterocycles. The quantitative estimate of drug-likeness (QED) is 0.513. The zero-order chi connectivity index (χ0) is 10.2. The van der Waals surface area contributed by atoms with Gasteiger partial charge < -0.3 is 0 Å². The molecule has 0 aromatic carbocycles. The standard InChI is InChI=1S/C4H2Cl2N2.C4H4N2/c5-3-1-2-7-4(6)8-3;1-2-6-4-3-5-1/h1-2H;1-4H. The zero-order valence-electron chi connectivity index (χ0n) is 7.01. The summed E-state index contributed by atoms with van der Waals surface area (Å²) in [6.07, 6.45) is 8.05. The summed E-state index contributed by atoms with van der Waals surface area (Å²) in [6.45, 7) is 0. The Morgan fingerprint density at radius 1 is 0.857 bits per heavy atom. The van der Waals surface area contributed by atoms with Crippen LogP contribution < -0.4 is 0 Å². The molecule has 0 aliphatic carbocycles. The fourth-order valence-electron chi connectivity index (χ4n) is 0.568. The summed E-state index contributed by atoms with van der Waals surface area (Å²) < 4.78 is 0. The van der Waals surface area contributed by atoms with Gasteiger partial charge in [0.25, 0.3) is 0 Å². The summed E-state index contributed by atoms with van der Waals surface area (Å²) in [5, 5.41) is 0.544. The van der Waals surface area contributed by atoms with Crippen molar-refractivity contribution in [2.75, 3.05) is 0 Å². The molecule has 0 radical (unpaired) electrons. The van der Waals surface area contributed by atoms with Gasteiger partial charge >= 0.3 is 0 Å². The lowest BCUT2D eigenvalue weighted by atomic mass is 10.7. The van der Waals surface area contributed by atoms with Crippen LogP contribution in [0.4, 0.5) is 0 Å². The Kier molecular flexibility index (Phi) is 4.82. The molecule has 0 atom stereocenters. The molecule has 0 unspecified atom stereocenters. The third-order valence-corrected chi connectivity index (χ3v) is 1.46. The van der Waals surface area contributed by atoms with Crippen molar-refractivity contribution in [2.45, 2.75) is 0 Å². The van der Waals surface area contributed by atoms with Crippen molar-refractivity contribution in [1.82, 2.24) is 19.9 Å². The van der Waals surface area contributed by atoms with Crippen molar-refractivity contribution in [1.29, 1.82) is 0 Å². The Labute approximate surface area is 91.0 Å². The molecule has 0 aliphatic heterocycles. The van der Waals surface area contributed by atoms with Gasteiger partial charge in [-0.1, -0.05) is 11.6 Å². The number of halogens is 2. The zero-order valence-corrected chi connectivity index (χ0v) is 8.52. The fourth-order valence-corrected chi connectivity index (χ4v) is 0.895. The fraction of sp³-hybridized carbons (Fsp3) is 0. The summed E-state index contributed by atoms with van der Waals surface area (Å²) in [5.74, 6) is 0. The minimum Gasteiger partial charge on any atom is -0.262 e. The third-order valence-electron chi connectivity index (χ3n) is 1.07. The van der Waals surface area contributed by atoms with Crippen LogP contribution in [0, 0.1) is 0 Å². The van der Waals surface area contributed by atoms with E-state index in [1.54, 1.807) is 30.9 Å². The van der Waals surface area contributed by atoms with E-state index in [-0.39, 0.29) is 5.28 Å². The number of rotatable bonds is 0. The lowest BCUT2D eigenvalue weighted by Crippen LogP contribution is -1.77. The lowest BCUT2D eigenvalue weighted by molar-refractivity contribution is 1.17. The molecule has 6 heteroatoms. The van der Waals surface area contributed by atoms with E-state index in [9.17, 15) is 0 Å². The second kappa shape index (κ2) is 6.23. The molecule has 0 bridgehead atoms. The van der Waals surface area contributed by atoms with E-state index in [1.165, 1.54) is 6.20 Å². The minimum absolute atomic E-state index is 0.178. The van der Waals surface area contributed by atoms with E-state index in [2.05, 4.69) is 19.9 Å². The summed E-state index contributed by atoms with van der Waals surface area (Å²) >= 11 is 10.7. The van der Waals surface area contributed by atoms with Crippen molar-refractivity contribution in [3.63, 3.8) is 0 Å². The summed E-state index contributed by atoms with van der Waals surface area (Å²) in [4.78, 5) is 14.6. The van der Waals surface area contributed by atoms with Crippen molar-refractivity contribution < 1.29 is 0 Å². The van der Waals surface area contributed by atoms with Crippen LogP contribution in [0.25, 0.3) is 0 Å². The topological polar surface area (TPSA) is 51.6 Å². The molecule has 2 aromatic heterocycles. The highest BCUT2D eigenvalue weighted by Crippen LogP contribution is 2.04. The maximum Gasteiger partial charge on any atom is 0.223 e. The molecule has 0 spiro atoms. The molecular formula is C8H6Cl2N4. The van der Waals surface area contributed by atoms with Gasteiger partial charge in [0.05, 0.1) is 0 Å². The van der Waals surface area contributed by atoms with Crippen LogP contribution in [0.5, 0.6) is 0 Å². The van der Waals surface area contributed by atoms with Gasteiger partial charge in [-0.2, -0.15) is 0 Å². The molecule has 14 heavy (non-hydrogen) atoms. The molecule has 0 saturated carbocycles. The molecule has 0 aliphatic rings. The Morgan fingerprint density at radius 3 is 1.71 bits per heavy atom. The first kappa shape index (κ1) is 10.8.